The first kappa shape index (κ1) is 13.4. The number of carboxylic acid groups (broad SMARTS) is 1. The average molecular weight is 249 g/mol. The molecule has 1 fully saturated rings. The van der Waals surface area contributed by atoms with E-state index in [1.165, 1.54) is 0 Å². The van der Waals surface area contributed by atoms with Crippen molar-refractivity contribution in [2.24, 2.45) is 11.8 Å². The highest BCUT2D eigenvalue weighted by atomic mass is 32.2. The molecule has 5 nitrogen and oxygen atoms in total. The van der Waals surface area contributed by atoms with Crippen molar-refractivity contribution in [3.8, 4) is 0 Å². The highest BCUT2D eigenvalue weighted by Gasteiger charge is 2.27. The van der Waals surface area contributed by atoms with Crippen LogP contribution < -0.4 is 4.72 Å². The summed E-state index contributed by atoms with van der Waals surface area (Å²) >= 11 is 0. The maximum absolute atomic E-state index is 11.5. The Bertz CT molecular complexity index is 335. The molecular weight excluding hydrogens is 230 g/mol. The van der Waals surface area contributed by atoms with Gasteiger partial charge in [0.15, 0.2) is 0 Å². The summed E-state index contributed by atoms with van der Waals surface area (Å²) in [5, 5.41) is 8.48. The van der Waals surface area contributed by atoms with Gasteiger partial charge in [0, 0.05) is 13.0 Å². The minimum absolute atomic E-state index is 0.0603. The maximum Gasteiger partial charge on any atom is 0.303 e. The van der Waals surface area contributed by atoms with Crippen LogP contribution in [0.2, 0.25) is 0 Å². The monoisotopic (exact) mass is 249 g/mol. The first-order chi connectivity index (χ1) is 7.39. The smallest absolute Gasteiger partial charge is 0.303 e. The van der Waals surface area contributed by atoms with Gasteiger partial charge < -0.3 is 5.11 Å². The molecule has 1 unspecified atom stereocenters. The van der Waals surface area contributed by atoms with Gasteiger partial charge in [0.05, 0.1) is 5.75 Å². The van der Waals surface area contributed by atoms with Gasteiger partial charge in [-0.05, 0) is 31.1 Å². The quantitative estimate of drug-likeness (QED) is 0.667. The lowest BCUT2D eigenvalue weighted by Gasteiger charge is -2.11. The molecule has 0 heterocycles. The van der Waals surface area contributed by atoms with Gasteiger partial charge in [-0.25, -0.2) is 13.1 Å². The lowest BCUT2D eigenvalue weighted by atomic mass is 10.1. The van der Waals surface area contributed by atoms with E-state index in [0.29, 0.717) is 18.9 Å². The Balaban J connectivity index is 2.18. The van der Waals surface area contributed by atoms with Crippen LogP contribution in [0.4, 0.5) is 0 Å². The molecule has 0 amide bonds. The van der Waals surface area contributed by atoms with Crippen LogP contribution in [0.5, 0.6) is 0 Å². The molecule has 0 aromatic carbocycles. The second-order valence-electron chi connectivity index (χ2n) is 4.61. The number of carbonyl (C=O) groups is 1. The molecule has 1 aliphatic rings. The zero-order valence-corrected chi connectivity index (χ0v) is 10.3. The maximum atomic E-state index is 11.5. The molecule has 0 aromatic heterocycles. The third-order valence-corrected chi connectivity index (χ3v) is 4.17. The second kappa shape index (κ2) is 5.63. The van der Waals surface area contributed by atoms with E-state index in [4.69, 9.17) is 5.11 Å². The van der Waals surface area contributed by atoms with Crippen molar-refractivity contribution in [1.29, 1.82) is 0 Å². The molecule has 1 saturated carbocycles. The molecule has 1 atom stereocenters. The van der Waals surface area contributed by atoms with Crippen molar-refractivity contribution in [3.05, 3.63) is 0 Å². The summed E-state index contributed by atoms with van der Waals surface area (Å²) in [4.78, 5) is 10.3. The molecule has 1 aliphatic carbocycles. The first-order valence-electron chi connectivity index (χ1n) is 5.58. The molecule has 0 spiro atoms. The number of rotatable bonds is 8. The fourth-order valence-electron chi connectivity index (χ4n) is 1.39. The minimum atomic E-state index is -3.15. The third-order valence-electron chi connectivity index (χ3n) is 2.65. The molecule has 6 heteroatoms. The molecule has 16 heavy (non-hydrogen) atoms. The van der Waals surface area contributed by atoms with E-state index in [1.54, 1.807) is 0 Å². The first-order valence-corrected chi connectivity index (χ1v) is 7.23. The normalized spacial score (nSPS) is 18.3. The average Bonchev–Trinajstić information content (AvgIpc) is 2.94. The highest BCUT2D eigenvalue weighted by molar-refractivity contribution is 7.89. The van der Waals surface area contributed by atoms with Gasteiger partial charge in [0.1, 0.15) is 0 Å². The van der Waals surface area contributed by atoms with Crippen LogP contribution in [0.3, 0.4) is 0 Å². The molecule has 2 N–H and O–H groups in total. The summed E-state index contributed by atoms with van der Waals surface area (Å²) in [5.41, 5.74) is 0. The molecule has 1 rings (SSSR count). The van der Waals surface area contributed by atoms with Gasteiger partial charge in [-0.2, -0.15) is 0 Å². The number of hydrogen-bond donors (Lipinski definition) is 2. The predicted molar refractivity (Wildman–Crippen MR) is 60.5 cm³/mol. The van der Waals surface area contributed by atoms with Crippen molar-refractivity contribution < 1.29 is 18.3 Å². The standard InChI is InChI=1S/C10H19NO4S/c1-8(2-5-10(12)13)6-11-16(14,15)7-9-3-4-9/h8-9,11H,2-7H2,1H3,(H,12,13). The van der Waals surface area contributed by atoms with Crippen LogP contribution in [0.1, 0.15) is 32.6 Å². The van der Waals surface area contributed by atoms with E-state index >= 15 is 0 Å². The Kier molecular flexibility index (Phi) is 4.73. The summed E-state index contributed by atoms with van der Waals surface area (Å²) in [6, 6.07) is 0. The Morgan fingerprint density at radius 2 is 2.12 bits per heavy atom. The lowest BCUT2D eigenvalue weighted by molar-refractivity contribution is -0.137. The number of nitrogens with one attached hydrogen (secondary N) is 1. The lowest BCUT2D eigenvalue weighted by Crippen LogP contribution is -2.31. The third kappa shape index (κ3) is 6.07. The summed E-state index contributed by atoms with van der Waals surface area (Å²) in [5.74, 6) is -0.219. The second-order valence-corrected chi connectivity index (χ2v) is 6.46. The highest BCUT2D eigenvalue weighted by Crippen LogP contribution is 2.29. The molecule has 0 aromatic rings. The number of aliphatic carboxylic acids is 1. The topological polar surface area (TPSA) is 83.5 Å². The summed E-state index contributed by atoms with van der Waals surface area (Å²) in [6.07, 6.45) is 2.61. The van der Waals surface area contributed by atoms with Gasteiger partial charge in [-0.1, -0.05) is 6.92 Å². The number of hydrogen-bond acceptors (Lipinski definition) is 3. The SMILES string of the molecule is CC(CCC(=O)O)CNS(=O)(=O)CC1CC1. The summed E-state index contributed by atoms with van der Waals surface area (Å²) in [7, 11) is -3.15. The number of carboxylic acids is 1. The molecule has 0 aliphatic heterocycles. The van der Waals surface area contributed by atoms with Crippen molar-refractivity contribution in [2.75, 3.05) is 12.3 Å². The van der Waals surface area contributed by atoms with Crippen molar-refractivity contribution >= 4 is 16.0 Å². The Morgan fingerprint density at radius 3 is 2.62 bits per heavy atom. The van der Waals surface area contributed by atoms with E-state index < -0.39 is 16.0 Å². The van der Waals surface area contributed by atoms with E-state index in [0.717, 1.165) is 12.8 Å². The van der Waals surface area contributed by atoms with E-state index in [9.17, 15) is 13.2 Å². The van der Waals surface area contributed by atoms with E-state index in [-0.39, 0.29) is 18.1 Å². The van der Waals surface area contributed by atoms with Crippen LogP contribution in [-0.4, -0.2) is 31.8 Å². The Hall–Kier alpha value is -0.620. The zero-order valence-electron chi connectivity index (χ0n) is 9.48. The fourth-order valence-corrected chi connectivity index (χ4v) is 3.01. The van der Waals surface area contributed by atoms with E-state index in [2.05, 4.69) is 4.72 Å². The van der Waals surface area contributed by atoms with Crippen molar-refractivity contribution in [1.82, 2.24) is 4.72 Å². The van der Waals surface area contributed by atoms with Gasteiger partial charge in [0.25, 0.3) is 0 Å². The number of sulfonamides is 1. The van der Waals surface area contributed by atoms with Crippen LogP contribution in [0.15, 0.2) is 0 Å². The van der Waals surface area contributed by atoms with Crippen LogP contribution in [0, 0.1) is 11.8 Å². The largest absolute Gasteiger partial charge is 0.481 e. The molecule has 0 radical (unpaired) electrons. The van der Waals surface area contributed by atoms with Gasteiger partial charge in [0.2, 0.25) is 10.0 Å². The van der Waals surface area contributed by atoms with Gasteiger partial charge >= 0.3 is 5.97 Å². The minimum Gasteiger partial charge on any atom is -0.481 e. The Labute approximate surface area is 96.3 Å². The molecular formula is C10H19NO4S. The van der Waals surface area contributed by atoms with Crippen molar-refractivity contribution in [3.63, 3.8) is 0 Å². The van der Waals surface area contributed by atoms with Crippen molar-refractivity contribution in [2.45, 2.75) is 32.6 Å². The van der Waals surface area contributed by atoms with Crippen LogP contribution >= 0.6 is 0 Å². The molecule has 94 valence electrons. The zero-order chi connectivity index (χ0) is 12.2. The molecule has 0 saturated heterocycles. The molecule has 0 bridgehead atoms. The van der Waals surface area contributed by atoms with Gasteiger partial charge in [-0.15, -0.1) is 0 Å². The van der Waals surface area contributed by atoms with E-state index in [1.807, 2.05) is 6.92 Å². The van der Waals surface area contributed by atoms with Crippen LogP contribution in [0.25, 0.3) is 0 Å². The predicted octanol–water partition coefficient (Wildman–Crippen LogP) is 0.817. The Morgan fingerprint density at radius 1 is 1.50 bits per heavy atom. The fraction of sp³-hybridized carbons (Fsp3) is 0.900. The summed E-state index contributed by atoms with van der Waals surface area (Å²) < 4.78 is 25.5. The van der Waals surface area contributed by atoms with Crippen LogP contribution in [-0.2, 0) is 14.8 Å². The summed E-state index contributed by atoms with van der Waals surface area (Å²) in [6.45, 7) is 2.19. The van der Waals surface area contributed by atoms with Gasteiger partial charge in [-0.3, -0.25) is 4.79 Å².